The van der Waals surface area contributed by atoms with Crippen molar-refractivity contribution in [2.75, 3.05) is 0 Å². The molecule has 128 valence electrons. The molecule has 2 aromatic carbocycles. The normalized spacial score (nSPS) is 11.5. The van der Waals surface area contributed by atoms with E-state index < -0.39 is 17.6 Å². The van der Waals surface area contributed by atoms with Crippen LogP contribution in [0.15, 0.2) is 54.7 Å². The number of hydrogen-bond donors (Lipinski definition) is 2. The second-order valence-electron chi connectivity index (χ2n) is 5.41. The number of aromatic hydroxyl groups is 1. The van der Waals surface area contributed by atoms with Gasteiger partial charge in [0.1, 0.15) is 5.52 Å². The smallest absolute Gasteiger partial charge is 0.416 e. The lowest BCUT2D eigenvalue weighted by Crippen LogP contribution is -2.23. The number of fused-ring (bicyclic) bond motifs is 1. The van der Waals surface area contributed by atoms with Crippen LogP contribution < -0.4 is 5.32 Å². The Kier molecular flexibility index (Phi) is 4.31. The summed E-state index contributed by atoms with van der Waals surface area (Å²) in [7, 11) is 0. The molecule has 0 bridgehead atoms. The number of carbonyl (C=O) groups is 1. The lowest BCUT2D eigenvalue weighted by Gasteiger charge is -2.10. The maximum absolute atomic E-state index is 12.5. The number of benzene rings is 2. The second kappa shape index (κ2) is 6.43. The van der Waals surface area contributed by atoms with Crippen molar-refractivity contribution in [2.45, 2.75) is 12.7 Å². The summed E-state index contributed by atoms with van der Waals surface area (Å²) in [6.45, 7) is 0.0384. The van der Waals surface area contributed by atoms with Crippen LogP contribution >= 0.6 is 0 Å². The number of phenols is 1. The van der Waals surface area contributed by atoms with Gasteiger partial charge in [-0.2, -0.15) is 13.2 Å². The van der Waals surface area contributed by atoms with Gasteiger partial charge in [-0.3, -0.25) is 9.78 Å². The Labute approximate surface area is 140 Å². The topological polar surface area (TPSA) is 62.2 Å². The molecule has 3 aromatic rings. The van der Waals surface area contributed by atoms with Gasteiger partial charge >= 0.3 is 6.18 Å². The molecule has 3 rings (SSSR count). The predicted octanol–water partition coefficient (Wildman–Crippen LogP) is 3.89. The average molecular weight is 346 g/mol. The molecule has 1 amide bonds. The van der Waals surface area contributed by atoms with Crippen molar-refractivity contribution in [1.82, 2.24) is 10.3 Å². The number of halogens is 3. The number of alkyl halides is 3. The Bertz CT molecular complexity index is 922. The molecule has 2 N–H and O–H groups in total. The van der Waals surface area contributed by atoms with E-state index in [1.54, 1.807) is 18.2 Å². The quantitative estimate of drug-likeness (QED) is 0.756. The first-order chi connectivity index (χ1) is 11.9. The first-order valence-electron chi connectivity index (χ1n) is 7.37. The summed E-state index contributed by atoms with van der Waals surface area (Å²) in [5, 5.41) is 13.5. The summed E-state index contributed by atoms with van der Waals surface area (Å²) in [6, 6.07) is 11.1. The molecule has 1 aromatic heterocycles. The Morgan fingerprint density at radius 1 is 1.08 bits per heavy atom. The standard InChI is InChI=1S/C18H13F3N2O2/c19-18(20,21)13-6-3-11(4-7-13)10-23-17(25)14-8-5-12-2-1-9-22-15(12)16(14)24/h1-9,24H,10H2,(H,23,25). The van der Waals surface area contributed by atoms with E-state index in [0.29, 0.717) is 16.5 Å². The number of pyridine rings is 1. The van der Waals surface area contributed by atoms with E-state index in [1.807, 2.05) is 0 Å². The van der Waals surface area contributed by atoms with Crippen molar-refractivity contribution in [3.05, 3.63) is 71.4 Å². The minimum atomic E-state index is -4.40. The van der Waals surface area contributed by atoms with E-state index in [4.69, 9.17) is 0 Å². The molecule has 0 aliphatic rings. The van der Waals surface area contributed by atoms with Crippen molar-refractivity contribution >= 4 is 16.8 Å². The van der Waals surface area contributed by atoms with Crippen molar-refractivity contribution in [3.8, 4) is 5.75 Å². The minimum Gasteiger partial charge on any atom is -0.505 e. The fraction of sp³-hybridized carbons (Fsp3) is 0.111. The van der Waals surface area contributed by atoms with Crippen LogP contribution in [-0.2, 0) is 12.7 Å². The summed E-state index contributed by atoms with van der Waals surface area (Å²) >= 11 is 0. The van der Waals surface area contributed by atoms with Crippen molar-refractivity contribution < 1.29 is 23.1 Å². The van der Waals surface area contributed by atoms with E-state index in [9.17, 15) is 23.1 Å². The van der Waals surface area contributed by atoms with Crippen molar-refractivity contribution in [2.24, 2.45) is 0 Å². The zero-order chi connectivity index (χ0) is 18.0. The molecule has 1 heterocycles. The van der Waals surface area contributed by atoms with Gasteiger partial charge in [-0.1, -0.05) is 24.3 Å². The van der Waals surface area contributed by atoms with E-state index in [-0.39, 0.29) is 17.9 Å². The Morgan fingerprint density at radius 3 is 2.48 bits per heavy atom. The molecule has 0 saturated heterocycles. The van der Waals surface area contributed by atoms with Gasteiger partial charge in [0.2, 0.25) is 0 Å². The Morgan fingerprint density at radius 2 is 1.80 bits per heavy atom. The Hall–Kier alpha value is -3.09. The molecule has 0 spiro atoms. The number of phenolic OH excluding ortho intramolecular Hbond substituents is 1. The highest BCUT2D eigenvalue weighted by molar-refractivity contribution is 6.02. The van der Waals surface area contributed by atoms with Crippen molar-refractivity contribution in [3.63, 3.8) is 0 Å². The van der Waals surface area contributed by atoms with Gasteiger partial charge < -0.3 is 10.4 Å². The molecule has 0 atom stereocenters. The molecule has 0 saturated carbocycles. The van der Waals surface area contributed by atoms with E-state index in [2.05, 4.69) is 10.3 Å². The molecule has 0 radical (unpaired) electrons. The monoisotopic (exact) mass is 346 g/mol. The third-order valence-corrected chi connectivity index (χ3v) is 3.73. The molecule has 0 aliphatic heterocycles. The van der Waals surface area contributed by atoms with E-state index in [0.717, 1.165) is 12.1 Å². The highest BCUT2D eigenvalue weighted by Crippen LogP contribution is 2.29. The maximum Gasteiger partial charge on any atom is 0.416 e. The fourth-order valence-electron chi connectivity index (χ4n) is 2.40. The summed E-state index contributed by atoms with van der Waals surface area (Å²) in [4.78, 5) is 16.3. The first-order valence-corrected chi connectivity index (χ1v) is 7.37. The van der Waals surface area contributed by atoms with Gasteiger partial charge in [0.25, 0.3) is 5.91 Å². The van der Waals surface area contributed by atoms with Gasteiger partial charge in [-0.15, -0.1) is 0 Å². The maximum atomic E-state index is 12.5. The molecule has 0 aliphatic carbocycles. The van der Waals surface area contributed by atoms with E-state index in [1.165, 1.54) is 24.4 Å². The number of carbonyl (C=O) groups excluding carboxylic acids is 1. The molecule has 4 nitrogen and oxygen atoms in total. The van der Waals surface area contributed by atoms with Crippen LogP contribution in [-0.4, -0.2) is 16.0 Å². The number of aromatic nitrogens is 1. The molecule has 7 heteroatoms. The van der Waals surface area contributed by atoms with Gasteiger partial charge in [0.15, 0.2) is 5.75 Å². The fourth-order valence-corrected chi connectivity index (χ4v) is 2.40. The van der Waals surface area contributed by atoms with Crippen LogP contribution in [0.25, 0.3) is 10.9 Å². The summed E-state index contributed by atoms with van der Waals surface area (Å²) in [5.74, 6) is -0.770. The zero-order valence-electron chi connectivity index (χ0n) is 12.8. The van der Waals surface area contributed by atoms with Crippen LogP contribution in [0, 0.1) is 0 Å². The lowest BCUT2D eigenvalue weighted by molar-refractivity contribution is -0.137. The summed E-state index contributed by atoms with van der Waals surface area (Å²) in [6.07, 6.45) is -2.89. The number of rotatable bonds is 3. The third-order valence-electron chi connectivity index (χ3n) is 3.73. The van der Waals surface area contributed by atoms with Gasteiger partial charge in [-0.25, -0.2) is 0 Å². The van der Waals surface area contributed by atoms with Crippen molar-refractivity contribution in [1.29, 1.82) is 0 Å². The van der Waals surface area contributed by atoms with Gasteiger partial charge in [0.05, 0.1) is 11.1 Å². The molecule has 0 unspecified atom stereocenters. The predicted molar refractivity (Wildman–Crippen MR) is 86.0 cm³/mol. The molecular formula is C18H13F3N2O2. The summed E-state index contributed by atoms with van der Waals surface area (Å²) in [5.41, 5.74) is 0.128. The molecule has 0 fully saturated rings. The molecular weight excluding hydrogens is 333 g/mol. The first kappa shape index (κ1) is 16.8. The van der Waals surface area contributed by atoms with Crippen LogP contribution in [0.3, 0.4) is 0 Å². The SMILES string of the molecule is O=C(NCc1ccc(C(F)(F)F)cc1)c1ccc2cccnc2c1O. The molecule has 25 heavy (non-hydrogen) atoms. The second-order valence-corrected chi connectivity index (χ2v) is 5.41. The average Bonchev–Trinajstić information content (AvgIpc) is 2.60. The minimum absolute atomic E-state index is 0.0384. The largest absolute Gasteiger partial charge is 0.505 e. The number of hydrogen-bond acceptors (Lipinski definition) is 3. The number of nitrogens with one attached hydrogen (secondary N) is 1. The third kappa shape index (κ3) is 3.55. The van der Waals surface area contributed by atoms with Crippen LogP contribution in [0.2, 0.25) is 0 Å². The highest BCUT2D eigenvalue weighted by Gasteiger charge is 2.29. The van der Waals surface area contributed by atoms with Crippen LogP contribution in [0.4, 0.5) is 13.2 Å². The van der Waals surface area contributed by atoms with Gasteiger partial charge in [-0.05, 0) is 29.8 Å². The number of nitrogens with zero attached hydrogens (tertiary/aromatic N) is 1. The summed E-state index contributed by atoms with van der Waals surface area (Å²) < 4.78 is 37.6. The zero-order valence-corrected chi connectivity index (χ0v) is 12.8. The van der Waals surface area contributed by atoms with Crippen LogP contribution in [0.5, 0.6) is 5.75 Å². The Balaban J connectivity index is 1.74. The lowest BCUT2D eigenvalue weighted by atomic mass is 10.1. The van der Waals surface area contributed by atoms with Crippen LogP contribution in [0.1, 0.15) is 21.5 Å². The van der Waals surface area contributed by atoms with E-state index >= 15 is 0 Å². The number of amides is 1. The highest BCUT2D eigenvalue weighted by atomic mass is 19.4. The van der Waals surface area contributed by atoms with Gasteiger partial charge in [0, 0.05) is 18.1 Å².